The van der Waals surface area contributed by atoms with Crippen molar-refractivity contribution >= 4 is 11.0 Å². The summed E-state index contributed by atoms with van der Waals surface area (Å²) in [5, 5.41) is 59.7. The highest BCUT2D eigenvalue weighted by Gasteiger charge is 2.44. The lowest BCUT2D eigenvalue weighted by Crippen LogP contribution is -2.60. The molecular formula is C22H22O11. The van der Waals surface area contributed by atoms with Crippen LogP contribution >= 0.6 is 0 Å². The van der Waals surface area contributed by atoms with Gasteiger partial charge in [-0.1, -0.05) is 0 Å². The van der Waals surface area contributed by atoms with Gasteiger partial charge in [-0.3, -0.25) is 4.79 Å². The zero-order valence-electron chi connectivity index (χ0n) is 17.3. The number of benzene rings is 2. The van der Waals surface area contributed by atoms with E-state index in [4.69, 9.17) is 18.6 Å². The second kappa shape index (κ2) is 8.89. The summed E-state index contributed by atoms with van der Waals surface area (Å²) in [6, 6.07) is 8.18. The third-order valence-corrected chi connectivity index (χ3v) is 5.38. The van der Waals surface area contributed by atoms with Crippen LogP contribution in [0.15, 0.2) is 45.6 Å². The molecule has 0 unspecified atom stereocenters. The molecule has 11 heteroatoms. The van der Waals surface area contributed by atoms with Gasteiger partial charge >= 0.3 is 0 Å². The Kier molecular flexibility index (Phi) is 6.15. The topological polar surface area (TPSA) is 179 Å². The van der Waals surface area contributed by atoms with Gasteiger partial charge in [-0.05, 0) is 30.3 Å². The zero-order valence-corrected chi connectivity index (χ0v) is 17.3. The maximum Gasteiger partial charge on any atom is 0.235 e. The minimum Gasteiger partial charge on any atom is -0.504 e. The van der Waals surface area contributed by atoms with E-state index in [1.807, 2.05) is 0 Å². The number of rotatable bonds is 5. The molecule has 11 nitrogen and oxygen atoms in total. The Labute approximate surface area is 186 Å². The summed E-state index contributed by atoms with van der Waals surface area (Å²) in [5.74, 6) is -0.817. The number of fused-ring (bicyclic) bond motifs is 1. The van der Waals surface area contributed by atoms with Crippen LogP contribution in [0.5, 0.6) is 23.0 Å². The van der Waals surface area contributed by atoms with E-state index in [0.717, 1.165) is 0 Å². The standard InChI is InChI=1S/C22H22O11/c1-30-13-5-2-9(6-12(13)24)21-19(28)16(25)11-4-3-10(7-14(11)32-21)31-22-20(29)18(27)17(26)15(8-23)33-22/h2-7,15,17-18,20,22-24,26-29H,8H2,1H3/t15-,17-,18+,20-,22+/m1/s1. The first-order valence-corrected chi connectivity index (χ1v) is 9.89. The largest absolute Gasteiger partial charge is 0.504 e. The predicted molar refractivity (Wildman–Crippen MR) is 112 cm³/mol. The van der Waals surface area contributed by atoms with Crippen molar-refractivity contribution in [1.29, 1.82) is 0 Å². The van der Waals surface area contributed by atoms with Gasteiger partial charge < -0.3 is 49.3 Å². The summed E-state index contributed by atoms with van der Waals surface area (Å²) < 4.78 is 21.6. The molecule has 0 saturated carbocycles. The highest BCUT2D eigenvalue weighted by molar-refractivity contribution is 5.83. The molecule has 2 heterocycles. The van der Waals surface area contributed by atoms with Crippen molar-refractivity contribution < 1.29 is 49.3 Å². The number of methoxy groups -OCH3 is 1. The van der Waals surface area contributed by atoms with Gasteiger partial charge in [0.05, 0.1) is 19.1 Å². The quantitative estimate of drug-likeness (QED) is 0.302. The molecule has 1 aliphatic heterocycles. The van der Waals surface area contributed by atoms with Gasteiger partial charge in [-0.25, -0.2) is 0 Å². The molecular weight excluding hydrogens is 440 g/mol. The summed E-state index contributed by atoms with van der Waals surface area (Å²) in [4.78, 5) is 12.7. The first-order chi connectivity index (χ1) is 15.7. The number of phenols is 1. The van der Waals surface area contributed by atoms with E-state index >= 15 is 0 Å². The van der Waals surface area contributed by atoms with E-state index in [1.54, 1.807) is 0 Å². The number of hydrogen-bond acceptors (Lipinski definition) is 11. The first-order valence-electron chi connectivity index (χ1n) is 9.89. The smallest absolute Gasteiger partial charge is 0.235 e. The van der Waals surface area contributed by atoms with E-state index in [1.165, 1.54) is 43.5 Å². The molecule has 33 heavy (non-hydrogen) atoms. The van der Waals surface area contributed by atoms with E-state index in [-0.39, 0.29) is 39.5 Å². The highest BCUT2D eigenvalue weighted by Crippen LogP contribution is 2.36. The Morgan fingerprint density at radius 2 is 1.76 bits per heavy atom. The van der Waals surface area contributed by atoms with Gasteiger partial charge in [0.1, 0.15) is 35.7 Å². The van der Waals surface area contributed by atoms with E-state index in [9.17, 15) is 35.4 Å². The normalized spacial score (nSPS) is 25.2. The summed E-state index contributed by atoms with van der Waals surface area (Å²) in [6.07, 6.45) is -7.36. The molecule has 0 aliphatic carbocycles. The van der Waals surface area contributed by atoms with Crippen LogP contribution < -0.4 is 14.9 Å². The number of phenolic OH excluding ortho intramolecular Hbond substituents is 1. The summed E-state index contributed by atoms with van der Waals surface area (Å²) in [6.45, 7) is -0.616. The molecule has 0 radical (unpaired) electrons. The minimum atomic E-state index is -1.62. The van der Waals surface area contributed by atoms with Gasteiger partial charge in [0.2, 0.25) is 17.5 Å². The Morgan fingerprint density at radius 3 is 2.42 bits per heavy atom. The number of hydrogen-bond donors (Lipinski definition) is 6. The fourth-order valence-electron chi connectivity index (χ4n) is 3.56. The number of aliphatic hydroxyl groups excluding tert-OH is 4. The SMILES string of the molecule is COc1ccc(-c2oc3cc(O[C@H]4O[C@H](CO)[C@@H](O)[C@H](O)[C@H]4O)ccc3c(=O)c2O)cc1O. The maximum absolute atomic E-state index is 12.7. The van der Waals surface area contributed by atoms with Gasteiger partial charge in [-0.2, -0.15) is 0 Å². The van der Waals surface area contributed by atoms with Crippen LogP contribution in [0.3, 0.4) is 0 Å². The van der Waals surface area contributed by atoms with Crippen LogP contribution in [0.4, 0.5) is 0 Å². The predicted octanol–water partition coefficient (Wildman–Crippen LogP) is 0.0585. The molecule has 0 bridgehead atoms. The van der Waals surface area contributed by atoms with Crippen LogP contribution in [-0.4, -0.2) is 75.1 Å². The fraction of sp³-hybridized carbons (Fsp3) is 0.318. The third kappa shape index (κ3) is 4.08. The van der Waals surface area contributed by atoms with Crippen molar-refractivity contribution in [2.45, 2.75) is 30.7 Å². The Morgan fingerprint density at radius 1 is 1.00 bits per heavy atom. The number of aliphatic hydroxyl groups is 4. The van der Waals surface area contributed by atoms with Crippen LogP contribution in [-0.2, 0) is 4.74 Å². The Balaban J connectivity index is 1.71. The lowest BCUT2D eigenvalue weighted by atomic mass is 9.99. The van der Waals surface area contributed by atoms with Gasteiger partial charge in [-0.15, -0.1) is 0 Å². The van der Waals surface area contributed by atoms with Crippen molar-refractivity contribution in [3.05, 3.63) is 46.6 Å². The molecule has 0 amide bonds. The Hall–Kier alpha value is -3.35. The molecule has 1 aromatic heterocycles. The zero-order chi connectivity index (χ0) is 23.9. The molecule has 1 fully saturated rings. The molecule has 0 spiro atoms. The van der Waals surface area contributed by atoms with Crippen LogP contribution in [0.1, 0.15) is 0 Å². The lowest BCUT2D eigenvalue weighted by Gasteiger charge is -2.39. The van der Waals surface area contributed by atoms with E-state index in [2.05, 4.69) is 0 Å². The summed E-state index contributed by atoms with van der Waals surface area (Å²) >= 11 is 0. The molecule has 5 atom stereocenters. The molecule has 4 rings (SSSR count). The average Bonchev–Trinajstić information content (AvgIpc) is 2.81. The van der Waals surface area contributed by atoms with Gasteiger partial charge in [0, 0.05) is 11.6 Å². The summed E-state index contributed by atoms with van der Waals surface area (Å²) in [7, 11) is 1.37. The highest BCUT2D eigenvalue weighted by atomic mass is 16.7. The average molecular weight is 462 g/mol. The Bertz CT molecular complexity index is 1220. The number of ether oxygens (including phenoxy) is 3. The summed E-state index contributed by atoms with van der Waals surface area (Å²) in [5.41, 5.74) is -0.490. The minimum absolute atomic E-state index is 0.0187. The van der Waals surface area contributed by atoms with Gasteiger partial charge in [0.15, 0.2) is 17.3 Å². The van der Waals surface area contributed by atoms with Gasteiger partial charge in [0.25, 0.3) is 0 Å². The van der Waals surface area contributed by atoms with Crippen molar-refractivity contribution in [1.82, 2.24) is 0 Å². The molecule has 1 saturated heterocycles. The fourth-order valence-corrected chi connectivity index (χ4v) is 3.56. The molecule has 3 aromatic rings. The maximum atomic E-state index is 12.7. The van der Waals surface area contributed by atoms with Crippen LogP contribution in [0.2, 0.25) is 0 Å². The third-order valence-electron chi connectivity index (χ3n) is 5.38. The van der Waals surface area contributed by atoms with Crippen molar-refractivity contribution in [3.63, 3.8) is 0 Å². The molecule has 6 N–H and O–H groups in total. The van der Waals surface area contributed by atoms with Crippen LogP contribution in [0, 0.1) is 0 Å². The number of aromatic hydroxyl groups is 2. The second-order valence-electron chi connectivity index (χ2n) is 7.47. The molecule has 176 valence electrons. The van der Waals surface area contributed by atoms with Crippen molar-refractivity contribution in [2.24, 2.45) is 0 Å². The monoisotopic (exact) mass is 462 g/mol. The van der Waals surface area contributed by atoms with E-state index < -0.39 is 48.5 Å². The van der Waals surface area contributed by atoms with Crippen LogP contribution in [0.25, 0.3) is 22.3 Å². The van der Waals surface area contributed by atoms with Crippen molar-refractivity contribution in [3.8, 4) is 34.3 Å². The van der Waals surface area contributed by atoms with E-state index in [0.29, 0.717) is 0 Å². The second-order valence-corrected chi connectivity index (χ2v) is 7.47. The molecule has 2 aromatic carbocycles. The molecule has 1 aliphatic rings. The lowest BCUT2D eigenvalue weighted by molar-refractivity contribution is -0.277. The first kappa shape index (κ1) is 22.8. The van der Waals surface area contributed by atoms with Crippen molar-refractivity contribution in [2.75, 3.05) is 13.7 Å².